The number of nitrogens with zero attached hydrogens (tertiary/aromatic N) is 5. The summed E-state index contributed by atoms with van der Waals surface area (Å²) in [5.74, 6) is 0.0448. The normalized spacial score (nSPS) is 19.1. The van der Waals surface area contributed by atoms with Gasteiger partial charge in [-0.3, -0.25) is 14.7 Å². The first kappa shape index (κ1) is 15.6. The van der Waals surface area contributed by atoms with Crippen LogP contribution < -0.4 is 0 Å². The van der Waals surface area contributed by atoms with Crippen molar-refractivity contribution < 1.29 is 9.18 Å². The van der Waals surface area contributed by atoms with Crippen LogP contribution in [0.3, 0.4) is 0 Å². The third kappa shape index (κ3) is 2.96. The lowest BCUT2D eigenvalue weighted by atomic mass is 10.1. The summed E-state index contributed by atoms with van der Waals surface area (Å²) in [6, 6.07) is 1.45. The predicted octanol–water partition coefficient (Wildman–Crippen LogP) is 1.47. The summed E-state index contributed by atoms with van der Waals surface area (Å²) in [5.41, 5.74) is 0.0727. The molecule has 1 amide bonds. The summed E-state index contributed by atoms with van der Waals surface area (Å²) < 4.78 is 15.8. The number of carbonyl (C=O) groups excluding carboxylic acids is 1. The molecule has 0 saturated carbocycles. The molecule has 0 N–H and O–H groups in total. The quantitative estimate of drug-likeness (QED) is 0.860. The molecule has 1 saturated heterocycles. The maximum atomic E-state index is 13.8. The average molecular weight is 317 g/mol. The Morgan fingerprint density at radius 3 is 2.87 bits per heavy atom. The third-order valence-corrected chi connectivity index (χ3v) is 4.34. The minimum atomic E-state index is -0.580. The Balaban J connectivity index is 1.84. The van der Waals surface area contributed by atoms with Crippen molar-refractivity contribution in [2.24, 2.45) is 7.05 Å². The third-order valence-electron chi connectivity index (χ3n) is 4.34. The van der Waals surface area contributed by atoms with E-state index in [9.17, 15) is 9.18 Å². The largest absolute Gasteiger partial charge is 0.337 e. The molecule has 3 rings (SSSR count). The molecule has 122 valence electrons. The van der Waals surface area contributed by atoms with E-state index < -0.39 is 5.82 Å². The summed E-state index contributed by atoms with van der Waals surface area (Å²) in [7, 11) is 1.94. The van der Waals surface area contributed by atoms with Crippen molar-refractivity contribution in [1.29, 1.82) is 0 Å². The fourth-order valence-electron chi connectivity index (χ4n) is 3.05. The Kier molecular flexibility index (Phi) is 4.38. The van der Waals surface area contributed by atoms with Crippen molar-refractivity contribution in [3.8, 4) is 0 Å². The lowest BCUT2D eigenvalue weighted by Gasteiger charge is -2.40. The first-order chi connectivity index (χ1) is 11.1. The van der Waals surface area contributed by atoms with Gasteiger partial charge in [0.05, 0.1) is 17.8 Å². The van der Waals surface area contributed by atoms with Crippen LogP contribution >= 0.6 is 0 Å². The van der Waals surface area contributed by atoms with Gasteiger partial charge in [0.1, 0.15) is 5.82 Å². The number of rotatable bonds is 3. The van der Waals surface area contributed by atoms with E-state index in [0.717, 1.165) is 25.1 Å². The van der Waals surface area contributed by atoms with E-state index in [1.807, 2.05) is 17.8 Å². The molecule has 3 heterocycles. The van der Waals surface area contributed by atoms with Crippen LogP contribution in [0.25, 0.3) is 0 Å². The lowest BCUT2D eigenvalue weighted by molar-refractivity contribution is 0.0468. The van der Waals surface area contributed by atoms with Gasteiger partial charge in [0.15, 0.2) is 5.82 Å². The molecule has 0 spiro atoms. The van der Waals surface area contributed by atoms with E-state index in [2.05, 4.69) is 21.8 Å². The highest BCUT2D eigenvalue weighted by atomic mass is 19.1. The van der Waals surface area contributed by atoms with Crippen LogP contribution in [-0.4, -0.2) is 56.4 Å². The number of likely N-dealkylation sites (N-methyl/N-ethyl adjacent to an activating group) is 1. The second kappa shape index (κ2) is 6.45. The Morgan fingerprint density at radius 2 is 2.22 bits per heavy atom. The van der Waals surface area contributed by atoms with Gasteiger partial charge in [-0.15, -0.1) is 0 Å². The second-order valence-corrected chi connectivity index (χ2v) is 5.65. The van der Waals surface area contributed by atoms with Gasteiger partial charge in [-0.05, 0) is 12.6 Å². The molecule has 0 aromatic carbocycles. The number of hydrogen-bond acceptors (Lipinski definition) is 4. The number of pyridine rings is 1. The van der Waals surface area contributed by atoms with E-state index in [1.54, 1.807) is 11.1 Å². The van der Waals surface area contributed by atoms with Crippen LogP contribution in [0.15, 0.2) is 30.9 Å². The number of hydrogen-bond donors (Lipinski definition) is 0. The molecular formula is C16H20FN5O. The summed E-state index contributed by atoms with van der Waals surface area (Å²) in [5, 5.41) is 0. The van der Waals surface area contributed by atoms with Crippen LogP contribution in [-0.2, 0) is 7.05 Å². The molecule has 1 fully saturated rings. The highest BCUT2D eigenvalue weighted by Gasteiger charge is 2.32. The van der Waals surface area contributed by atoms with Gasteiger partial charge >= 0.3 is 0 Å². The van der Waals surface area contributed by atoms with E-state index >= 15 is 0 Å². The number of carbonyl (C=O) groups is 1. The maximum absolute atomic E-state index is 13.8. The van der Waals surface area contributed by atoms with Crippen molar-refractivity contribution in [2.45, 2.75) is 13.0 Å². The van der Waals surface area contributed by atoms with Gasteiger partial charge in [-0.25, -0.2) is 9.37 Å². The maximum Gasteiger partial charge on any atom is 0.257 e. The molecule has 7 heteroatoms. The van der Waals surface area contributed by atoms with Crippen LogP contribution in [0.5, 0.6) is 0 Å². The van der Waals surface area contributed by atoms with Gasteiger partial charge in [-0.1, -0.05) is 6.92 Å². The molecule has 1 atom stereocenters. The molecule has 6 nitrogen and oxygen atoms in total. The van der Waals surface area contributed by atoms with E-state index in [0.29, 0.717) is 13.1 Å². The Hall–Kier alpha value is -2.28. The van der Waals surface area contributed by atoms with Crippen LogP contribution in [0.1, 0.15) is 29.1 Å². The average Bonchev–Trinajstić information content (AvgIpc) is 3.00. The smallest absolute Gasteiger partial charge is 0.257 e. The topological polar surface area (TPSA) is 54.3 Å². The van der Waals surface area contributed by atoms with Crippen LogP contribution in [0.2, 0.25) is 0 Å². The van der Waals surface area contributed by atoms with E-state index in [-0.39, 0.29) is 17.5 Å². The summed E-state index contributed by atoms with van der Waals surface area (Å²) in [6.07, 6.45) is 6.17. The number of aromatic nitrogens is 3. The number of amides is 1. The van der Waals surface area contributed by atoms with Gasteiger partial charge in [0.2, 0.25) is 0 Å². The molecule has 2 aromatic rings. The fraction of sp³-hybridized carbons (Fsp3) is 0.438. The standard InChI is InChI=1S/C16H20FN5O/c1-3-21-8-9-22(11-14(21)15-19-6-7-20(15)2)16(23)12-4-5-18-10-13(12)17/h4-7,10,14H,3,8-9,11H2,1-2H3/t14-/m0/s1. The zero-order chi connectivity index (χ0) is 16.4. The molecule has 0 bridgehead atoms. The van der Waals surface area contributed by atoms with Crippen molar-refractivity contribution in [3.05, 3.63) is 48.1 Å². The first-order valence-corrected chi connectivity index (χ1v) is 7.72. The summed E-state index contributed by atoms with van der Waals surface area (Å²) in [4.78, 5) is 24.7. The first-order valence-electron chi connectivity index (χ1n) is 7.72. The van der Waals surface area contributed by atoms with Crippen molar-refractivity contribution in [2.75, 3.05) is 26.2 Å². The molecule has 0 unspecified atom stereocenters. The number of piperazine rings is 1. The molecule has 23 heavy (non-hydrogen) atoms. The monoisotopic (exact) mass is 317 g/mol. The highest BCUT2D eigenvalue weighted by Crippen LogP contribution is 2.25. The molecule has 1 aliphatic heterocycles. The highest BCUT2D eigenvalue weighted by molar-refractivity contribution is 5.94. The summed E-state index contributed by atoms with van der Waals surface area (Å²) >= 11 is 0. The fourth-order valence-corrected chi connectivity index (χ4v) is 3.05. The zero-order valence-electron chi connectivity index (χ0n) is 13.3. The SMILES string of the molecule is CCN1CCN(C(=O)c2ccncc2F)C[C@H]1c1nccn1C. The summed E-state index contributed by atoms with van der Waals surface area (Å²) in [6.45, 7) is 4.79. The predicted molar refractivity (Wildman–Crippen MR) is 83.3 cm³/mol. The van der Waals surface area contributed by atoms with Crippen molar-refractivity contribution in [1.82, 2.24) is 24.3 Å². The number of aryl methyl sites for hydroxylation is 1. The van der Waals surface area contributed by atoms with Gasteiger partial charge in [0.25, 0.3) is 5.91 Å². The molecule has 2 aromatic heterocycles. The van der Waals surface area contributed by atoms with E-state index in [1.165, 1.54) is 12.3 Å². The zero-order valence-corrected chi connectivity index (χ0v) is 13.3. The number of imidazole rings is 1. The van der Waals surface area contributed by atoms with Gasteiger partial charge in [-0.2, -0.15) is 0 Å². The van der Waals surface area contributed by atoms with Gasteiger partial charge < -0.3 is 9.47 Å². The van der Waals surface area contributed by atoms with Gasteiger partial charge in [0, 0.05) is 45.3 Å². The van der Waals surface area contributed by atoms with Crippen LogP contribution in [0, 0.1) is 5.82 Å². The lowest BCUT2D eigenvalue weighted by Crippen LogP contribution is -2.51. The molecule has 0 aliphatic carbocycles. The van der Waals surface area contributed by atoms with E-state index in [4.69, 9.17) is 0 Å². The molecular weight excluding hydrogens is 297 g/mol. The second-order valence-electron chi connectivity index (χ2n) is 5.65. The van der Waals surface area contributed by atoms with Crippen molar-refractivity contribution in [3.63, 3.8) is 0 Å². The Morgan fingerprint density at radius 1 is 1.39 bits per heavy atom. The minimum absolute atomic E-state index is 0.0163. The number of halogens is 1. The Labute approximate surface area is 134 Å². The molecule has 0 radical (unpaired) electrons. The van der Waals surface area contributed by atoms with Crippen LogP contribution in [0.4, 0.5) is 4.39 Å². The minimum Gasteiger partial charge on any atom is -0.337 e. The van der Waals surface area contributed by atoms with Crippen molar-refractivity contribution >= 4 is 5.91 Å². The Bertz CT molecular complexity index is 701. The molecule has 1 aliphatic rings.